The van der Waals surface area contributed by atoms with Crippen LogP contribution in [0, 0.1) is 5.82 Å². The van der Waals surface area contributed by atoms with Crippen LogP contribution in [0.4, 0.5) is 4.39 Å². The van der Waals surface area contributed by atoms with E-state index in [2.05, 4.69) is 9.36 Å². The van der Waals surface area contributed by atoms with Gasteiger partial charge in [-0.2, -0.15) is 4.37 Å². The van der Waals surface area contributed by atoms with E-state index in [-0.39, 0.29) is 5.56 Å². The highest BCUT2D eigenvalue weighted by Crippen LogP contribution is 2.25. The van der Waals surface area contributed by atoms with Crippen LogP contribution in [0.3, 0.4) is 0 Å². The van der Waals surface area contributed by atoms with Crippen LogP contribution < -0.4 is 0 Å². The van der Waals surface area contributed by atoms with Crippen molar-refractivity contribution in [2.24, 2.45) is 0 Å². The van der Waals surface area contributed by atoms with E-state index in [1.807, 2.05) is 6.92 Å². The molecule has 0 radical (unpaired) electrons. The maximum Gasteiger partial charge on any atom is 0.328 e. The second-order valence-corrected chi connectivity index (χ2v) is 6.12. The highest BCUT2D eigenvalue weighted by molar-refractivity contribution is 8.00. The smallest absolute Gasteiger partial charge is 0.328 e. The SMILES string of the molecule is CCc1nsc(SCc2ccc(F)c(/C=C/C(=O)O)c2)n1. The third-order valence-electron chi connectivity index (χ3n) is 2.59. The lowest BCUT2D eigenvalue weighted by Crippen LogP contribution is -1.90. The molecule has 0 saturated heterocycles. The summed E-state index contributed by atoms with van der Waals surface area (Å²) in [4.78, 5) is 14.8. The molecule has 7 heteroatoms. The Hall–Kier alpha value is -1.73. The minimum absolute atomic E-state index is 0.266. The van der Waals surface area contributed by atoms with Gasteiger partial charge < -0.3 is 5.11 Å². The standard InChI is InChI=1S/C14H13FN2O2S2/c1-2-12-16-14(21-17-12)20-8-9-3-5-11(15)10(7-9)4-6-13(18)19/h3-7H,2,8H2,1H3,(H,18,19)/b6-4+. The first-order valence-corrected chi connectivity index (χ1v) is 7.99. The molecule has 0 amide bonds. The van der Waals surface area contributed by atoms with Gasteiger partial charge >= 0.3 is 5.97 Å². The Morgan fingerprint density at radius 1 is 1.52 bits per heavy atom. The minimum Gasteiger partial charge on any atom is -0.478 e. The number of aliphatic carboxylic acids is 1. The summed E-state index contributed by atoms with van der Waals surface area (Å²) in [6.07, 6.45) is 2.98. The van der Waals surface area contributed by atoms with Crippen LogP contribution >= 0.6 is 23.3 Å². The van der Waals surface area contributed by atoms with E-state index in [1.165, 1.54) is 35.4 Å². The Kier molecular flexibility index (Phi) is 5.46. The fourth-order valence-corrected chi connectivity index (χ4v) is 3.20. The molecule has 21 heavy (non-hydrogen) atoms. The lowest BCUT2D eigenvalue weighted by Gasteiger charge is -2.02. The van der Waals surface area contributed by atoms with E-state index in [0.717, 1.165) is 28.2 Å². The molecule has 1 heterocycles. The lowest BCUT2D eigenvalue weighted by molar-refractivity contribution is -0.131. The fraction of sp³-hybridized carbons (Fsp3) is 0.214. The number of thioether (sulfide) groups is 1. The van der Waals surface area contributed by atoms with E-state index >= 15 is 0 Å². The molecular formula is C14H13FN2O2S2. The van der Waals surface area contributed by atoms with Gasteiger partial charge in [0.15, 0.2) is 4.34 Å². The summed E-state index contributed by atoms with van der Waals surface area (Å²) >= 11 is 2.88. The second-order valence-electron chi connectivity index (χ2n) is 4.15. The van der Waals surface area contributed by atoms with Crippen molar-refractivity contribution in [1.29, 1.82) is 0 Å². The number of aryl methyl sites for hydroxylation is 1. The quantitative estimate of drug-likeness (QED) is 0.649. The van der Waals surface area contributed by atoms with Gasteiger partial charge in [-0.05, 0) is 35.3 Å². The van der Waals surface area contributed by atoms with Crippen LogP contribution in [0.2, 0.25) is 0 Å². The van der Waals surface area contributed by atoms with Gasteiger partial charge in [-0.3, -0.25) is 0 Å². The van der Waals surface area contributed by atoms with Crippen molar-refractivity contribution in [2.75, 3.05) is 0 Å². The number of rotatable bonds is 6. The minimum atomic E-state index is -1.10. The zero-order chi connectivity index (χ0) is 15.2. The summed E-state index contributed by atoms with van der Waals surface area (Å²) in [5.41, 5.74) is 1.17. The summed E-state index contributed by atoms with van der Waals surface area (Å²) < 4.78 is 18.6. The third-order valence-corrected chi connectivity index (χ3v) is 4.54. The molecule has 0 unspecified atom stereocenters. The first-order valence-electron chi connectivity index (χ1n) is 6.23. The normalized spacial score (nSPS) is 11.1. The fourth-order valence-electron chi connectivity index (χ4n) is 1.56. The summed E-state index contributed by atoms with van der Waals surface area (Å²) in [7, 11) is 0. The molecule has 110 valence electrons. The first-order chi connectivity index (χ1) is 10.1. The Morgan fingerprint density at radius 3 is 3.00 bits per heavy atom. The Morgan fingerprint density at radius 2 is 2.33 bits per heavy atom. The Balaban J connectivity index is 2.06. The number of nitrogens with zero attached hydrogens (tertiary/aromatic N) is 2. The van der Waals surface area contributed by atoms with Crippen LogP contribution in [0.5, 0.6) is 0 Å². The summed E-state index contributed by atoms with van der Waals surface area (Å²) in [5, 5.41) is 8.59. The number of halogens is 1. The molecule has 2 rings (SSSR count). The van der Waals surface area contributed by atoms with Crippen molar-refractivity contribution in [1.82, 2.24) is 9.36 Å². The summed E-state index contributed by atoms with van der Waals surface area (Å²) in [6, 6.07) is 4.67. The maximum atomic E-state index is 13.6. The van der Waals surface area contributed by atoms with Gasteiger partial charge in [0, 0.05) is 23.8 Å². The van der Waals surface area contributed by atoms with Gasteiger partial charge in [-0.25, -0.2) is 14.2 Å². The molecule has 0 aliphatic rings. The van der Waals surface area contributed by atoms with Crippen LogP contribution in [0.1, 0.15) is 23.9 Å². The molecule has 0 fully saturated rings. The molecule has 0 aliphatic heterocycles. The van der Waals surface area contributed by atoms with E-state index in [9.17, 15) is 9.18 Å². The van der Waals surface area contributed by atoms with Gasteiger partial charge in [0.25, 0.3) is 0 Å². The maximum absolute atomic E-state index is 13.6. The average molecular weight is 324 g/mol. The van der Waals surface area contributed by atoms with E-state index in [4.69, 9.17) is 5.11 Å². The largest absolute Gasteiger partial charge is 0.478 e. The van der Waals surface area contributed by atoms with Crippen molar-refractivity contribution in [2.45, 2.75) is 23.4 Å². The van der Waals surface area contributed by atoms with Crippen LogP contribution in [-0.2, 0) is 17.0 Å². The summed E-state index contributed by atoms with van der Waals surface area (Å²) in [5.74, 6) is -0.0840. The van der Waals surface area contributed by atoms with Gasteiger partial charge in [0.1, 0.15) is 11.6 Å². The Labute approximate surface area is 129 Å². The number of aromatic nitrogens is 2. The van der Waals surface area contributed by atoms with Gasteiger partial charge in [0.05, 0.1) is 0 Å². The molecule has 1 aromatic carbocycles. The van der Waals surface area contributed by atoms with Gasteiger partial charge in [-0.15, -0.1) is 0 Å². The zero-order valence-electron chi connectivity index (χ0n) is 11.2. The average Bonchev–Trinajstić information content (AvgIpc) is 2.93. The second kappa shape index (κ2) is 7.33. The lowest BCUT2D eigenvalue weighted by atomic mass is 10.1. The number of hydrogen-bond donors (Lipinski definition) is 1. The molecular weight excluding hydrogens is 311 g/mol. The number of benzene rings is 1. The Bertz CT molecular complexity index is 671. The number of carbonyl (C=O) groups is 1. The highest BCUT2D eigenvalue weighted by Gasteiger charge is 2.06. The molecule has 0 bridgehead atoms. The van der Waals surface area contributed by atoms with Crippen molar-refractivity contribution in [3.05, 3.63) is 47.0 Å². The molecule has 0 atom stereocenters. The molecule has 1 aromatic heterocycles. The third kappa shape index (κ3) is 4.64. The first kappa shape index (κ1) is 15.7. The molecule has 0 saturated carbocycles. The number of carboxylic acids is 1. The van der Waals surface area contributed by atoms with E-state index in [0.29, 0.717) is 5.75 Å². The van der Waals surface area contributed by atoms with Gasteiger partial charge in [-0.1, -0.05) is 24.8 Å². The zero-order valence-corrected chi connectivity index (χ0v) is 12.9. The van der Waals surface area contributed by atoms with Crippen LogP contribution in [0.15, 0.2) is 28.6 Å². The van der Waals surface area contributed by atoms with Crippen LogP contribution in [0.25, 0.3) is 6.08 Å². The molecule has 4 nitrogen and oxygen atoms in total. The van der Waals surface area contributed by atoms with Crippen molar-refractivity contribution >= 4 is 35.3 Å². The van der Waals surface area contributed by atoms with Crippen molar-refractivity contribution in [3.63, 3.8) is 0 Å². The molecule has 1 N–H and O–H groups in total. The predicted octanol–water partition coefficient (Wildman–Crippen LogP) is 3.63. The predicted molar refractivity (Wildman–Crippen MR) is 81.9 cm³/mol. The van der Waals surface area contributed by atoms with Crippen LogP contribution in [-0.4, -0.2) is 20.4 Å². The molecule has 2 aromatic rings. The van der Waals surface area contributed by atoms with Crippen molar-refractivity contribution < 1.29 is 14.3 Å². The van der Waals surface area contributed by atoms with Crippen molar-refractivity contribution in [3.8, 4) is 0 Å². The van der Waals surface area contributed by atoms with E-state index in [1.54, 1.807) is 12.1 Å². The number of hydrogen-bond acceptors (Lipinski definition) is 5. The monoisotopic (exact) mass is 324 g/mol. The van der Waals surface area contributed by atoms with Gasteiger partial charge in [0.2, 0.25) is 0 Å². The molecule has 0 spiro atoms. The molecule has 0 aliphatic carbocycles. The van der Waals surface area contributed by atoms with E-state index < -0.39 is 11.8 Å². The topological polar surface area (TPSA) is 63.1 Å². The highest BCUT2D eigenvalue weighted by atomic mass is 32.2. The summed E-state index contributed by atoms with van der Waals surface area (Å²) in [6.45, 7) is 2.00. The number of carboxylic acid groups (broad SMARTS) is 1.